The van der Waals surface area contributed by atoms with Crippen LogP contribution in [0.4, 0.5) is 8.78 Å². The van der Waals surface area contributed by atoms with Gasteiger partial charge in [-0.05, 0) is 30.3 Å². The highest BCUT2D eigenvalue weighted by molar-refractivity contribution is 5.53. The van der Waals surface area contributed by atoms with Gasteiger partial charge in [0.1, 0.15) is 12.4 Å². The third kappa shape index (κ3) is 2.89. The molecule has 0 fully saturated rings. The molecule has 4 nitrogen and oxygen atoms in total. The fourth-order valence-electron chi connectivity index (χ4n) is 1.81. The molecular weight excluding hydrogens is 278 g/mol. The Kier molecular flexibility index (Phi) is 3.59. The van der Waals surface area contributed by atoms with Crippen LogP contribution in [0, 0.1) is 11.6 Å². The molecule has 3 rings (SSSR count). The van der Waals surface area contributed by atoms with Gasteiger partial charge in [0.25, 0.3) is 0 Å². The van der Waals surface area contributed by atoms with Crippen molar-refractivity contribution in [2.45, 2.75) is 6.61 Å². The Hall–Kier alpha value is -2.76. The molecule has 0 aliphatic carbocycles. The van der Waals surface area contributed by atoms with E-state index in [1.165, 1.54) is 18.5 Å². The van der Waals surface area contributed by atoms with Gasteiger partial charge in [0.2, 0.25) is 12.3 Å². The van der Waals surface area contributed by atoms with Crippen LogP contribution >= 0.6 is 0 Å². The summed E-state index contributed by atoms with van der Waals surface area (Å²) in [5.74, 6) is -0.845. The summed E-state index contributed by atoms with van der Waals surface area (Å²) in [4.78, 5) is 0. The first-order chi connectivity index (χ1) is 10.2. The van der Waals surface area contributed by atoms with Crippen LogP contribution in [0.15, 0.2) is 53.3 Å². The summed E-state index contributed by atoms with van der Waals surface area (Å²) in [6.07, 6.45) is 1.24. The summed E-state index contributed by atoms with van der Waals surface area (Å²) < 4.78 is 37.0. The largest absolute Gasteiger partial charge is 0.489 e. The van der Waals surface area contributed by atoms with Gasteiger partial charge in [0.15, 0.2) is 11.6 Å². The first-order valence-corrected chi connectivity index (χ1v) is 6.16. The number of hydrogen-bond acceptors (Lipinski definition) is 4. The van der Waals surface area contributed by atoms with Crippen LogP contribution in [-0.2, 0) is 6.61 Å². The van der Waals surface area contributed by atoms with E-state index in [0.29, 0.717) is 11.6 Å². The lowest BCUT2D eigenvalue weighted by atomic mass is 10.2. The molecule has 1 aromatic heterocycles. The third-order valence-corrected chi connectivity index (χ3v) is 2.89. The van der Waals surface area contributed by atoms with Crippen molar-refractivity contribution < 1.29 is 17.9 Å². The molecule has 3 aromatic rings. The number of halogens is 2. The number of aromatic nitrogens is 2. The van der Waals surface area contributed by atoms with Crippen LogP contribution in [0.2, 0.25) is 0 Å². The van der Waals surface area contributed by atoms with Crippen LogP contribution in [0.25, 0.3) is 11.5 Å². The smallest absolute Gasteiger partial charge is 0.247 e. The first kappa shape index (κ1) is 13.2. The summed E-state index contributed by atoms with van der Waals surface area (Å²) >= 11 is 0. The van der Waals surface area contributed by atoms with Crippen LogP contribution in [0.5, 0.6) is 5.75 Å². The van der Waals surface area contributed by atoms with E-state index in [4.69, 9.17) is 9.15 Å². The SMILES string of the molecule is Fc1cccc(COc2ccc(-c3nnco3)cc2)c1F. The highest BCUT2D eigenvalue weighted by Crippen LogP contribution is 2.21. The molecule has 0 radical (unpaired) electrons. The van der Waals surface area contributed by atoms with Gasteiger partial charge in [-0.3, -0.25) is 0 Å². The Labute approximate surface area is 119 Å². The molecule has 0 saturated carbocycles. The zero-order valence-electron chi connectivity index (χ0n) is 10.8. The highest BCUT2D eigenvalue weighted by Gasteiger charge is 2.08. The van der Waals surface area contributed by atoms with Gasteiger partial charge < -0.3 is 9.15 Å². The standard InChI is InChI=1S/C15H10F2N2O2/c16-13-3-1-2-11(14(13)17)8-20-12-6-4-10(5-7-12)15-19-18-9-21-15/h1-7,9H,8H2. The Balaban J connectivity index is 1.70. The second-order valence-electron chi connectivity index (χ2n) is 4.27. The predicted octanol–water partition coefficient (Wildman–Crippen LogP) is 3.59. The summed E-state index contributed by atoms with van der Waals surface area (Å²) in [7, 11) is 0. The summed E-state index contributed by atoms with van der Waals surface area (Å²) in [6, 6.07) is 10.8. The molecule has 0 unspecified atom stereocenters. The van der Waals surface area contributed by atoms with Crippen LogP contribution < -0.4 is 4.74 Å². The third-order valence-electron chi connectivity index (χ3n) is 2.89. The molecule has 2 aromatic carbocycles. The molecular formula is C15H10F2N2O2. The minimum Gasteiger partial charge on any atom is -0.489 e. The van der Waals surface area contributed by atoms with Crippen molar-refractivity contribution in [2.24, 2.45) is 0 Å². The van der Waals surface area contributed by atoms with Gasteiger partial charge in [-0.1, -0.05) is 12.1 Å². The topological polar surface area (TPSA) is 48.2 Å². The Morgan fingerprint density at radius 3 is 2.57 bits per heavy atom. The van der Waals surface area contributed by atoms with Crippen molar-refractivity contribution in [3.05, 3.63) is 66.1 Å². The van der Waals surface area contributed by atoms with Crippen molar-refractivity contribution in [3.63, 3.8) is 0 Å². The first-order valence-electron chi connectivity index (χ1n) is 6.16. The normalized spacial score (nSPS) is 10.6. The summed E-state index contributed by atoms with van der Waals surface area (Å²) in [5, 5.41) is 7.37. The molecule has 0 aliphatic rings. The summed E-state index contributed by atoms with van der Waals surface area (Å²) in [6.45, 7) is -0.0521. The molecule has 0 atom stereocenters. The fourth-order valence-corrected chi connectivity index (χ4v) is 1.81. The lowest BCUT2D eigenvalue weighted by Crippen LogP contribution is -2.00. The monoisotopic (exact) mass is 288 g/mol. The van der Waals surface area contributed by atoms with Crippen molar-refractivity contribution >= 4 is 0 Å². The van der Waals surface area contributed by atoms with Crippen molar-refractivity contribution in [3.8, 4) is 17.2 Å². The summed E-state index contributed by atoms with van der Waals surface area (Å²) in [5.41, 5.74) is 0.910. The quantitative estimate of drug-likeness (QED) is 0.736. The molecule has 21 heavy (non-hydrogen) atoms. The van der Waals surface area contributed by atoms with Gasteiger partial charge in [-0.15, -0.1) is 10.2 Å². The van der Waals surface area contributed by atoms with Gasteiger partial charge >= 0.3 is 0 Å². The molecule has 106 valence electrons. The maximum atomic E-state index is 13.5. The maximum absolute atomic E-state index is 13.5. The lowest BCUT2D eigenvalue weighted by Gasteiger charge is -2.07. The molecule has 0 saturated heterocycles. The average molecular weight is 288 g/mol. The number of benzene rings is 2. The maximum Gasteiger partial charge on any atom is 0.247 e. The Bertz CT molecular complexity index is 728. The number of hydrogen-bond donors (Lipinski definition) is 0. The minimum absolute atomic E-state index is 0.0521. The average Bonchev–Trinajstić information content (AvgIpc) is 3.04. The molecule has 0 aliphatic heterocycles. The van der Waals surface area contributed by atoms with E-state index in [9.17, 15) is 8.78 Å². The Morgan fingerprint density at radius 2 is 1.86 bits per heavy atom. The fraction of sp³-hybridized carbons (Fsp3) is 0.0667. The second kappa shape index (κ2) is 5.70. The van der Waals surface area contributed by atoms with E-state index in [-0.39, 0.29) is 12.2 Å². The predicted molar refractivity (Wildman–Crippen MR) is 70.4 cm³/mol. The minimum atomic E-state index is -0.889. The number of nitrogens with zero attached hydrogens (tertiary/aromatic N) is 2. The van der Waals surface area contributed by atoms with Gasteiger partial charge in [-0.2, -0.15) is 0 Å². The lowest BCUT2D eigenvalue weighted by molar-refractivity contribution is 0.297. The molecule has 0 N–H and O–H groups in total. The van der Waals surface area contributed by atoms with Gasteiger partial charge in [-0.25, -0.2) is 8.78 Å². The van der Waals surface area contributed by atoms with E-state index < -0.39 is 11.6 Å². The highest BCUT2D eigenvalue weighted by atomic mass is 19.2. The zero-order valence-corrected chi connectivity index (χ0v) is 10.8. The van der Waals surface area contributed by atoms with Crippen LogP contribution in [0.3, 0.4) is 0 Å². The van der Waals surface area contributed by atoms with Gasteiger partial charge in [0.05, 0.1) is 0 Å². The van der Waals surface area contributed by atoms with Crippen molar-refractivity contribution in [1.29, 1.82) is 0 Å². The van der Waals surface area contributed by atoms with Crippen molar-refractivity contribution in [2.75, 3.05) is 0 Å². The number of rotatable bonds is 4. The van der Waals surface area contributed by atoms with E-state index in [2.05, 4.69) is 10.2 Å². The number of ether oxygens (including phenoxy) is 1. The van der Waals surface area contributed by atoms with E-state index in [1.54, 1.807) is 24.3 Å². The van der Waals surface area contributed by atoms with Crippen molar-refractivity contribution in [1.82, 2.24) is 10.2 Å². The van der Waals surface area contributed by atoms with Gasteiger partial charge in [0, 0.05) is 11.1 Å². The van der Waals surface area contributed by atoms with E-state index in [0.717, 1.165) is 11.6 Å². The zero-order chi connectivity index (χ0) is 14.7. The molecule has 6 heteroatoms. The van der Waals surface area contributed by atoms with Crippen LogP contribution in [-0.4, -0.2) is 10.2 Å². The molecule has 0 amide bonds. The second-order valence-corrected chi connectivity index (χ2v) is 4.27. The van der Waals surface area contributed by atoms with Crippen LogP contribution in [0.1, 0.15) is 5.56 Å². The van der Waals surface area contributed by atoms with E-state index >= 15 is 0 Å². The Morgan fingerprint density at radius 1 is 1.05 bits per heavy atom. The molecule has 1 heterocycles. The van der Waals surface area contributed by atoms with E-state index in [1.807, 2.05) is 0 Å². The molecule has 0 spiro atoms. The molecule has 0 bridgehead atoms.